The third kappa shape index (κ3) is 3.65. The quantitative estimate of drug-likeness (QED) is 0.790. The number of sulfonamides is 1. The predicted octanol–water partition coefficient (Wildman–Crippen LogP) is 0.867. The van der Waals surface area contributed by atoms with Crippen LogP contribution >= 0.6 is 0 Å². The Morgan fingerprint density at radius 1 is 1.04 bits per heavy atom. The van der Waals surface area contributed by atoms with Gasteiger partial charge in [0.15, 0.2) is 0 Å². The molecular weight excluding hydrogens is 342 g/mol. The molecule has 3 rings (SSSR count). The Labute approximate surface area is 149 Å². The van der Waals surface area contributed by atoms with Crippen LogP contribution in [0.1, 0.15) is 23.2 Å². The van der Waals surface area contributed by atoms with Crippen LogP contribution < -0.4 is 4.74 Å². The predicted molar refractivity (Wildman–Crippen MR) is 94.4 cm³/mol. The molecular formula is C17H25N3O4S. The fourth-order valence-corrected chi connectivity index (χ4v) is 4.89. The van der Waals surface area contributed by atoms with Crippen molar-refractivity contribution in [1.82, 2.24) is 14.1 Å². The van der Waals surface area contributed by atoms with Gasteiger partial charge in [-0.2, -0.15) is 4.31 Å². The highest BCUT2D eigenvalue weighted by atomic mass is 32.2. The summed E-state index contributed by atoms with van der Waals surface area (Å²) >= 11 is 0. The first kappa shape index (κ1) is 18.2. The minimum Gasteiger partial charge on any atom is -0.495 e. The minimum absolute atomic E-state index is 0.0737. The van der Waals surface area contributed by atoms with Crippen LogP contribution in [0.5, 0.6) is 5.75 Å². The second-order valence-corrected chi connectivity index (χ2v) is 8.48. The average Bonchev–Trinajstić information content (AvgIpc) is 3.15. The van der Waals surface area contributed by atoms with Crippen molar-refractivity contribution in [3.63, 3.8) is 0 Å². The van der Waals surface area contributed by atoms with Gasteiger partial charge in [0.25, 0.3) is 5.91 Å². The van der Waals surface area contributed by atoms with E-state index in [9.17, 15) is 13.2 Å². The van der Waals surface area contributed by atoms with Gasteiger partial charge in [-0.25, -0.2) is 8.42 Å². The summed E-state index contributed by atoms with van der Waals surface area (Å²) in [6.45, 7) is 3.71. The highest BCUT2D eigenvalue weighted by molar-refractivity contribution is 7.89. The summed E-state index contributed by atoms with van der Waals surface area (Å²) in [5.41, 5.74) is 0.399. The first-order valence-corrected chi connectivity index (χ1v) is 10.0. The maximum absolute atomic E-state index is 13.1. The molecule has 2 aliphatic heterocycles. The van der Waals surface area contributed by atoms with Gasteiger partial charge in [-0.1, -0.05) is 0 Å². The number of amides is 1. The molecule has 0 bridgehead atoms. The van der Waals surface area contributed by atoms with E-state index in [0.29, 0.717) is 31.7 Å². The van der Waals surface area contributed by atoms with Crippen molar-refractivity contribution in [3.8, 4) is 5.75 Å². The van der Waals surface area contributed by atoms with Gasteiger partial charge in [-0.05, 0) is 38.1 Å². The fourth-order valence-electron chi connectivity index (χ4n) is 3.28. The molecule has 1 aromatic carbocycles. The lowest BCUT2D eigenvalue weighted by Gasteiger charge is -2.32. The summed E-state index contributed by atoms with van der Waals surface area (Å²) in [6, 6.07) is 4.68. The van der Waals surface area contributed by atoms with Crippen LogP contribution in [-0.2, 0) is 10.0 Å². The number of piperazine rings is 1. The van der Waals surface area contributed by atoms with Gasteiger partial charge < -0.3 is 14.5 Å². The van der Waals surface area contributed by atoms with Crippen LogP contribution in [0.2, 0.25) is 0 Å². The van der Waals surface area contributed by atoms with Crippen LogP contribution in [0.4, 0.5) is 0 Å². The topological polar surface area (TPSA) is 70.2 Å². The molecule has 0 N–H and O–H groups in total. The van der Waals surface area contributed by atoms with Crippen molar-refractivity contribution in [1.29, 1.82) is 0 Å². The molecule has 0 saturated carbocycles. The molecule has 0 unspecified atom stereocenters. The van der Waals surface area contributed by atoms with Crippen molar-refractivity contribution in [3.05, 3.63) is 23.8 Å². The van der Waals surface area contributed by atoms with Crippen molar-refractivity contribution in [2.24, 2.45) is 0 Å². The lowest BCUT2D eigenvalue weighted by Crippen LogP contribution is -2.47. The SMILES string of the molecule is COc1ccc(C(=O)N2CCCC2)cc1S(=O)(=O)N1CCN(C)CC1. The number of rotatable bonds is 4. The van der Waals surface area contributed by atoms with Crippen LogP contribution in [0.3, 0.4) is 0 Å². The van der Waals surface area contributed by atoms with E-state index in [1.54, 1.807) is 17.0 Å². The lowest BCUT2D eigenvalue weighted by atomic mass is 10.2. The summed E-state index contributed by atoms with van der Waals surface area (Å²) in [5, 5.41) is 0. The largest absolute Gasteiger partial charge is 0.495 e. The van der Waals surface area contributed by atoms with Crippen molar-refractivity contribution in [2.45, 2.75) is 17.7 Å². The average molecular weight is 367 g/mol. The van der Waals surface area contributed by atoms with Gasteiger partial charge >= 0.3 is 0 Å². The van der Waals surface area contributed by atoms with Gasteiger partial charge in [-0.3, -0.25) is 4.79 Å². The molecule has 138 valence electrons. The zero-order valence-electron chi connectivity index (χ0n) is 14.8. The first-order chi connectivity index (χ1) is 11.9. The molecule has 1 amide bonds. The summed E-state index contributed by atoms with van der Waals surface area (Å²) in [6.07, 6.45) is 1.99. The maximum Gasteiger partial charge on any atom is 0.253 e. The fraction of sp³-hybridized carbons (Fsp3) is 0.588. The third-order valence-electron chi connectivity index (χ3n) is 4.88. The monoisotopic (exact) mass is 367 g/mol. The number of ether oxygens (including phenoxy) is 1. The number of likely N-dealkylation sites (N-methyl/N-ethyl adjacent to an activating group) is 1. The molecule has 0 spiro atoms. The Morgan fingerprint density at radius 2 is 1.68 bits per heavy atom. The number of methoxy groups -OCH3 is 1. The van der Waals surface area contributed by atoms with Crippen molar-refractivity contribution < 1.29 is 17.9 Å². The van der Waals surface area contributed by atoms with Crippen LogP contribution in [0.25, 0.3) is 0 Å². The highest BCUT2D eigenvalue weighted by Crippen LogP contribution is 2.29. The number of likely N-dealkylation sites (tertiary alicyclic amines) is 1. The van der Waals surface area contributed by atoms with E-state index in [4.69, 9.17) is 4.74 Å². The van der Waals surface area contributed by atoms with E-state index in [1.807, 2.05) is 7.05 Å². The molecule has 2 fully saturated rings. The van der Waals surface area contributed by atoms with Gasteiger partial charge in [0.1, 0.15) is 10.6 Å². The van der Waals surface area contributed by atoms with Gasteiger partial charge in [-0.15, -0.1) is 0 Å². The summed E-state index contributed by atoms with van der Waals surface area (Å²) in [5.74, 6) is 0.159. The molecule has 7 nitrogen and oxygen atoms in total. The molecule has 0 radical (unpaired) electrons. The zero-order chi connectivity index (χ0) is 18.0. The van der Waals surface area contributed by atoms with Gasteiger partial charge in [0, 0.05) is 44.8 Å². The van der Waals surface area contributed by atoms with Crippen LogP contribution in [0.15, 0.2) is 23.1 Å². The summed E-state index contributed by atoms with van der Waals surface area (Å²) < 4.78 is 32.9. The summed E-state index contributed by atoms with van der Waals surface area (Å²) in [4.78, 5) is 16.6. The Balaban J connectivity index is 1.93. The Kier molecular flexibility index (Phi) is 5.31. The second-order valence-electron chi connectivity index (χ2n) is 6.57. The third-order valence-corrected chi connectivity index (χ3v) is 6.80. The number of hydrogen-bond acceptors (Lipinski definition) is 5. The van der Waals surface area contributed by atoms with E-state index in [0.717, 1.165) is 25.9 Å². The van der Waals surface area contributed by atoms with Gasteiger partial charge in [0.2, 0.25) is 10.0 Å². The van der Waals surface area contributed by atoms with E-state index in [2.05, 4.69) is 4.90 Å². The number of hydrogen-bond donors (Lipinski definition) is 0. The maximum atomic E-state index is 13.1. The van der Waals surface area contributed by atoms with E-state index in [-0.39, 0.29) is 16.6 Å². The molecule has 0 aliphatic carbocycles. The number of carbonyl (C=O) groups excluding carboxylic acids is 1. The standard InChI is InChI=1S/C17H25N3O4S/c1-18-9-11-20(12-10-18)25(22,23)16-13-14(5-6-15(16)24-2)17(21)19-7-3-4-8-19/h5-6,13H,3-4,7-12H2,1-2H3. The Morgan fingerprint density at radius 3 is 2.28 bits per heavy atom. The van der Waals surface area contributed by atoms with Crippen LogP contribution in [-0.4, -0.2) is 81.9 Å². The van der Waals surface area contributed by atoms with E-state index >= 15 is 0 Å². The normalized spacial score (nSPS) is 20.0. The number of benzene rings is 1. The van der Waals surface area contributed by atoms with E-state index in [1.165, 1.54) is 17.5 Å². The smallest absolute Gasteiger partial charge is 0.253 e. The molecule has 0 atom stereocenters. The molecule has 2 heterocycles. The second kappa shape index (κ2) is 7.31. The lowest BCUT2D eigenvalue weighted by molar-refractivity contribution is 0.0792. The van der Waals surface area contributed by atoms with Crippen molar-refractivity contribution in [2.75, 3.05) is 53.4 Å². The van der Waals surface area contributed by atoms with Crippen molar-refractivity contribution >= 4 is 15.9 Å². The summed E-state index contributed by atoms with van der Waals surface area (Å²) in [7, 11) is -0.280. The zero-order valence-corrected chi connectivity index (χ0v) is 15.6. The highest BCUT2D eigenvalue weighted by Gasteiger charge is 2.31. The molecule has 1 aromatic rings. The van der Waals surface area contributed by atoms with Gasteiger partial charge in [0.05, 0.1) is 7.11 Å². The number of nitrogens with zero attached hydrogens (tertiary/aromatic N) is 3. The van der Waals surface area contributed by atoms with E-state index < -0.39 is 10.0 Å². The molecule has 2 saturated heterocycles. The molecule has 25 heavy (non-hydrogen) atoms. The first-order valence-electron chi connectivity index (χ1n) is 8.59. The van der Waals surface area contributed by atoms with Crippen LogP contribution in [0, 0.1) is 0 Å². The number of carbonyl (C=O) groups is 1. The molecule has 0 aromatic heterocycles. The Bertz CT molecular complexity index is 736. The molecule has 8 heteroatoms. The Hall–Kier alpha value is -1.64. The minimum atomic E-state index is -3.70. The molecule has 2 aliphatic rings.